The molecule has 0 fully saturated rings. The van der Waals surface area contributed by atoms with E-state index in [0.717, 1.165) is 75.6 Å². The van der Waals surface area contributed by atoms with Gasteiger partial charge in [0.25, 0.3) is 0 Å². The Kier molecular flexibility index (Phi) is 69.2. The zero-order valence-corrected chi connectivity index (χ0v) is 71.0. The number of aryl methyl sites for hydroxylation is 4. The van der Waals surface area contributed by atoms with Crippen LogP contribution in [0, 0.1) is 0 Å². The summed E-state index contributed by atoms with van der Waals surface area (Å²) in [7, 11) is 0. The maximum atomic E-state index is 12.6. The van der Waals surface area contributed by atoms with E-state index in [9.17, 15) is 5.53 Å². The van der Waals surface area contributed by atoms with E-state index in [1.54, 1.807) is 4.70 Å². The second-order valence-electron chi connectivity index (χ2n) is 32.4. The number of unbranched alkanes of at least 4 members (excludes halogenated alkanes) is 60. The SMILES string of the molecule is CCCCCCCCCCCCCCCCCCCc1cc(CCCCCCCCCCCCCCCCCCC)cc(C2=C(CCCC)C(CCCC)=C(c3cc(CC)cc(CC)c3)[N+]2=[N-])c1.CCCCCCCCCCCCCCC[CH2][Ni][CH2]CCCCCCCCCCCCCCC. The van der Waals surface area contributed by atoms with Gasteiger partial charge in [-0.05, 0) is 111 Å². The van der Waals surface area contributed by atoms with Crippen molar-refractivity contribution < 1.29 is 19.1 Å². The summed E-state index contributed by atoms with van der Waals surface area (Å²) in [6, 6.07) is 14.6. The van der Waals surface area contributed by atoms with E-state index in [1.165, 1.54) is 453 Å². The van der Waals surface area contributed by atoms with Gasteiger partial charge in [-0.2, -0.15) is 0 Å². The third kappa shape index (κ3) is 53.5. The van der Waals surface area contributed by atoms with Crippen LogP contribution in [0.3, 0.4) is 0 Å². The minimum absolute atomic E-state index is 1.01. The summed E-state index contributed by atoms with van der Waals surface area (Å²) >= 11 is 2.04. The van der Waals surface area contributed by atoms with Crippen LogP contribution in [0.4, 0.5) is 0 Å². The van der Waals surface area contributed by atoms with Crippen molar-refractivity contribution in [2.24, 2.45) is 0 Å². The van der Waals surface area contributed by atoms with E-state index in [4.69, 9.17) is 0 Å². The fourth-order valence-corrected chi connectivity index (χ4v) is 17.1. The molecular formula is C98H178N2Ni. The predicted molar refractivity (Wildman–Crippen MR) is 454 cm³/mol. The first-order valence-corrected chi connectivity index (χ1v) is 48.0. The van der Waals surface area contributed by atoms with Crippen LogP contribution in [0.2, 0.25) is 10.8 Å². The summed E-state index contributed by atoms with van der Waals surface area (Å²) in [6.07, 6.45) is 100. The zero-order valence-electron chi connectivity index (χ0n) is 70.0. The summed E-state index contributed by atoms with van der Waals surface area (Å²) < 4.78 is 1.66. The van der Waals surface area contributed by atoms with Gasteiger partial charge in [0.1, 0.15) is 0 Å². The molecule has 0 spiro atoms. The molecule has 1 aliphatic rings. The Labute approximate surface area is 641 Å². The Morgan fingerprint density at radius 2 is 0.396 bits per heavy atom. The molecule has 3 heteroatoms. The second-order valence-corrected chi connectivity index (χ2v) is 33.9. The van der Waals surface area contributed by atoms with Crippen molar-refractivity contribution in [3.63, 3.8) is 0 Å². The topological polar surface area (TPSA) is 25.3 Å². The van der Waals surface area contributed by atoms with Crippen LogP contribution in [0.5, 0.6) is 0 Å². The molecule has 0 atom stereocenters. The first-order valence-electron chi connectivity index (χ1n) is 46.6. The van der Waals surface area contributed by atoms with Gasteiger partial charge in [-0.15, -0.1) is 0 Å². The van der Waals surface area contributed by atoms with Crippen molar-refractivity contribution in [3.05, 3.63) is 86.5 Å². The van der Waals surface area contributed by atoms with Gasteiger partial charge in [-0.3, -0.25) is 0 Å². The minimum atomic E-state index is 1.01. The summed E-state index contributed by atoms with van der Waals surface area (Å²) in [6.45, 7) is 18.4. The number of hydrogen-bond donors (Lipinski definition) is 0. The average molecular weight is 1440 g/mol. The van der Waals surface area contributed by atoms with Crippen molar-refractivity contribution in [1.29, 1.82) is 0 Å². The van der Waals surface area contributed by atoms with E-state index in [0.29, 0.717) is 0 Å². The molecule has 2 aromatic carbocycles. The summed E-state index contributed by atoms with van der Waals surface area (Å²) in [4.78, 5) is 0. The van der Waals surface area contributed by atoms with Crippen LogP contribution in [0.15, 0.2) is 47.5 Å². The fourth-order valence-electron chi connectivity index (χ4n) is 15.9. The van der Waals surface area contributed by atoms with Gasteiger partial charge in [0.05, 0.1) is 0 Å². The van der Waals surface area contributed by atoms with E-state index in [-0.39, 0.29) is 0 Å². The number of nitrogens with zero attached hydrogens (tertiary/aromatic N) is 2. The molecule has 0 bridgehead atoms. The van der Waals surface area contributed by atoms with Crippen molar-refractivity contribution in [2.45, 2.75) is 528 Å². The van der Waals surface area contributed by atoms with Crippen LogP contribution >= 0.6 is 0 Å². The normalized spacial score (nSPS) is 12.5. The molecular weight excluding hydrogens is 1260 g/mol. The fraction of sp³-hybridized carbons (Fsp3) is 0.837. The predicted octanol–water partition coefficient (Wildman–Crippen LogP) is 35.6. The number of allylic oxidation sites excluding steroid dienone is 2. The van der Waals surface area contributed by atoms with Crippen LogP contribution < -0.4 is 0 Å². The Morgan fingerprint density at radius 3 is 0.614 bits per heavy atom. The molecule has 0 unspecified atom stereocenters. The Balaban J connectivity index is 0.000000881. The van der Waals surface area contributed by atoms with Gasteiger partial charge >= 0.3 is 166 Å². The molecule has 0 aliphatic carbocycles. The molecule has 2 nitrogen and oxygen atoms in total. The van der Waals surface area contributed by atoms with Gasteiger partial charge in [-0.25, -0.2) is 4.70 Å². The molecule has 1 heterocycles. The molecule has 1 aliphatic heterocycles. The molecule has 0 aromatic heterocycles. The van der Waals surface area contributed by atoms with Crippen LogP contribution in [-0.4, -0.2) is 4.70 Å². The first-order chi connectivity index (χ1) is 49.9. The summed E-state index contributed by atoms with van der Waals surface area (Å²) in [5.74, 6) is 0. The monoisotopic (exact) mass is 1440 g/mol. The molecule has 0 amide bonds. The van der Waals surface area contributed by atoms with Gasteiger partial charge in [0.2, 0.25) is 11.4 Å². The molecule has 590 valence electrons. The standard InChI is InChI=1S/C66H112N2.2C16H33.Ni/c1-7-13-17-19-21-23-25-27-29-31-33-35-37-39-41-43-45-47-59-52-60(48-46-44-42-40-38-36-34-32-30-28-26-24-22-20-18-14-8-2)56-62(55-59)66-64(50-16-10-4)63(49-15-9-3)65(68(66)67)61-53-57(11-5)51-58(12-6)54-61;2*1-3-5-7-9-11-13-15-16-14-12-10-8-6-4-2;/h51-56H,7-50H2,1-6H3;2*1,3-16H2,2H3;. The maximum absolute atomic E-state index is 12.6. The van der Waals surface area contributed by atoms with Crippen molar-refractivity contribution in [2.75, 3.05) is 0 Å². The third-order valence-electron chi connectivity index (χ3n) is 22.7. The first kappa shape index (κ1) is 95.1. The van der Waals surface area contributed by atoms with Gasteiger partial charge < -0.3 is 5.53 Å². The van der Waals surface area contributed by atoms with Crippen LogP contribution in [-0.2, 0) is 40.1 Å². The van der Waals surface area contributed by atoms with E-state index < -0.39 is 0 Å². The van der Waals surface area contributed by atoms with Gasteiger partial charge in [-0.1, -0.05) is 324 Å². The molecule has 0 saturated carbocycles. The second kappa shape index (κ2) is 73.5. The van der Waals surface area contributed by atoms with Gasteiger partial charge in [0.15, 0.2) is 0 Å². The summed E-state index contributed by atoms with van der Waals surface area (Å²) in [5, 5.41) is 2.87. The Morgan fingerprint density at radius 1 is 0.208 bits per heavy atom. The molecule has 2 aromatic rings. The van der Waals surface area contributed by atoms with Crippen molar-refractivity contribution >= 4 is 11.4 Å². The van der Waals surface area contributed by atoms with Gasteiger partial charge in [0, 0.05) is 22.3 Å². The minimum Gasteiger partial charge on any atom is -0.0654 e. The number of hydrogen-bond acceptors (Lipinski definition) is 0. The molecule has 3 rings (SSSR count). The zero-order chi connectivity index (χ0) is 72.6. The van der Waals surface area contributed by atoms with E-state index >= 15 is 0 Å². The summed E-state index contributed by atoms with van der Waals surface area (Å²) in [5.41, 5.74) is 25.6. The number of rotatable bonds is 76. The van der Waals surface area contributed by atoms with E-state index in [2.05, 4.69) is 91.8 Å². The molecule has 0 saturated heterocycles. The van der Waals surface area contributed by atoms with Crippen LogP contribution in [0.25, 0.3) is 16.9 Å². The van der Waals surface area contributed by atoms with E-state index in [1.807, 2.05) is 14.4 Å². The average Bonchev–Trinajstić information content (AvgIpc) is 1.61. The smallest absolute Gasteiger partial charge is 0.0654 e. The quantitative estimate of drug-likeness (QED) is 0.0358. The number of benzene rings is 2. The molecule has 0 N–H and O–H groups in total. The van der Waals surface area contributed by atoms with Crippen LogP contribution in [0.1, 0.15) is 525 Å². The third-order valence-corrected chi connectivity index (χ3v) is 24.1. The molecule has 0 radical (unpaired) electrons. The Bertz CT molecular complexity index is 2070. The molecule has 101 heavy (non-hydrogen) atoms. The Hall–Kier alpha value is -1.99. The van der Waals surface area contributed by atoms with Crippen molar-refractivity contribution in [3.8, 4) is 0 Å². The van der Waals surface area contributed by atoms with Crippen molar-refractivity contribution in [1.82, 2.24) is 0 Å².